The lowest BCUT2D eigenvalue weighted by Crippen LogP contribution is -2.42. The summed E-state index contributed by atoms with van der Waals surface area (Å²) in [4.78, 5) is 0. The molecule has 0 aromatic heterocycles. The Labute approximate surface area is 129 Å². The Morgan fingerprint density at radius 2 is 1.57 bits per heavy atom. The molecule has 1 aromatic carbocycles. The van der Waals surface area contributed by atoms with Gasteiger partial charge in [-0.05, 0) is 28.9 Å². The third-order valence-corrected chi connectivity index (χ3v) is 4.01. The summed E-state index contributed by atoms with van der Waals surface area (Å²) < 4.78 is 0. The summed E-state index contributed by atoms with van der Waals surface area (Å²) in [5.41, 5.74) is 2.28. The molecule has 1 rings (SSSR count). The fraction of sp³-hybridized carbons (Fsp3) is 0.667. The molecule has 2 atom stereocenters. The molecular formula is C18H31NO2. The highest BCUT2D eigenvalue weighted by atomic mass is 16.3. The molecule has 0 aliphatic heterocycles. The van der Waals surface area contributed by atoms with Crippen LogP contribution in [0.3, 0.4) is 0 Å². The topological polar surface area (TPSA) is 52.5 Å². The summed E-state index contributed by atoms with van der Waals surface area (Å²) in [6.07, 6.45) is 0.178. The zero-order valence-corrected chi connectivity index (χ0v) is 14.1. The summed E-state index contributed by atoms with van der Waals surface area (Å²) in [5.74, 6) is 0.504. The van der Waals surface area contributed by atoms with E-state index >= 15 is 0 Å². The molecule has 3 N–H and O–H groups in total. The first-order chi connectivity index (χ1) is 9.75. The zero-order chi connectivity index (χ0) is 16.0. The molecule has 0 amide bonds. The van der Waals surface area contributed by atoms with Gasteiger partial charge in [0.25, 0.3) is 0 Å². The lowest BCUT2D eigenvalue weighted by molar-refractivity contribution is 0.142. The molecule has 0 saturated carbocycles. The van der Waals surface area contributed by atoms with Crippen LogP contribution >= 0.6 is 0 Å². The van der Waals surface area contributed by atoms with Crippen molar-refractivity contribution < 1.29 is 10.2 Å². The fourth-order valence-electron chi connectivity index (χ4n) is 2.45. The Hall–Kier alpha value is -0.900. The highest BCUT2D eigenvalue weighted by molar-refractivity contribution is 5.26. The molecule has 120 valence electrons. The molecule has 0 spiro atoms. The number of hydrogen-bond acceptors (Lipinski definition) is 3. The summed E-state index contributed by atoms with van der Waals surface area (Å²) in [6.45, 7) is 11.4. The molecule has 0 aliphatic rings. The van der Waals surface area contributed by atoms with E-state index < -0.39 is 6.10 Å². The van der Waals surface area contributed by atoms with E-state index in [0.717, 1.165) is 5.56 Å². The van der Waals surface area contributed by atoms with E-state index in [0.29, 0.717) is 18.9 Å². The first kappa shape index (κ1) is 18.1. The minimum absolute atomic E-state index is 0.0595. The predicted molar refractivity (Wildman–Crippen MR) is 88.4 cm³/mol. The number of benzene rings is 1. The van der Waals surface area contributed by atoms with Crippen molar-refractivity contribution in [1.29, 1.82) is 0 Å². The highest BCUT2D eigenvalue weighted by Crippen LogP contribution is 2.23. The predicted octanol–water partition coefficient (Wildman–Crippen LogP) is 3.23. The van der Waals surface area contributed by atoms with E-state index in [-0.39, 0.29) is 18.1 Å². The van der Waals surface area contributed by atoms with Crippen molar-refractivity contribution >= 4 is 0 Å². The third kappa shape index (κ3) is 5.77. The van der Waals surface area contributed by atoms with Crippen LogP contribution in [0.5, 0.6) is 0 Å². The van der Waals surface area contributed by atoms with E-state index in [9.17, 15) is 5.11 Å². The molecule has 1 aromatic rings. The van der Waals surface area contributed by atoms with E-state index in [1.54, 1.807) is 0 Å². The molecule has 2 unspecified atom stereocenters. The van der Waals surface area contributed by atoms with Crippen LogP contribution in [0.1, 0.15) is 64.2 Å². The summed E-state index contributed by atoms with van der Waals surface area (Å²) in [7, 11) is 0. The van der Waals surface area contributed by atoms with Gasteiger partial charge in [-0.3, -0.25) is 0 Å². The molecule has 0 saturated heterocycles. The van der Waals surface area contributed by atoms with E-state index in [2.05, 4.69) is 52.1 Å². The second kappa shape index (κ2) is 7.92. The smallest absolute Gasteiger partial charge is 0.0914 e. The van der Waals surface area contributed by atoms with Crippen molar-refractivity contribution in [3.63, 3.8) is 0 Å². The quantitative estimate of drug-likeness (QED) is 0.723. The molecule has 0 aliphatic carbocycles. The summed E-state index contributed by atoms with van der Waals surface area (Å²) in [5, 5.41) is 22.9. The molecular weight excluding hydrogens is 262 g/mol. The van der Waals surface area contributed by atoms with Crippen LogP contribution in [-0.2, 0) is 0 Å². The van der Waals surface area contributed by atoms with Gasteiger partial charge in [0.1, 0.15) is 0 Å². The van der Waals surface area contributed by atoms with Gasteiger partial charge in [0.15, 0.2) is 0 Å². The van der Waals surface area contributed by atoms with Crippen LogP contribution in [0, 0.1) is 5.41 Å². The molecule has 0 radical (unpaired) electrons. The van der Waals surface area contributed by atoms with E-state index in [1.165, 1.54) is 5.56 Å². The maximum Gasteiger partial charge on any atom is 0.0914 e. The lowest BCUT2D eigenvalue weighted by Gasteiger charge is -2.32. The minimum Gasteiger partial charge on any atom is -0.396 e. The molecule has 0 fully saturated rings. The average Bonchev–Trinajstić information content (AvgIpc) is 2.42. The first-order valence-electron chi connectivity index (χ1n) is 7.88. The second-order valence-corrected chi connectivity index (χ2v) is 7.18. The highest BCUT2D eigenvalue weighted by Gasteiger charge is 2.24. The normalized spacial score (nSPS) is 15.2. The van der Waals surface area contributed by atoms with Crippen LogP contribution in [0.15, 0.2) is 24.3 Å². The van der Waals surface area contributed by atoms with Crippen molar-refractivity contribution in [3.05, 3.63) is 35.4 Å². The molecule has 0 bridgehead atoms. The minimum atomic E-state index is -0.519. The Balaban J connectivity index is 2.61. The van der Waals surface area contributed by atoms with Crippen molar-refractivity contribution in [3.8, 4) is 0 Å². The first-order valence-corrected chi connectivity index (χ1v) is 7.88. The van der Waals surface area contributed by atoms with Gasteiger partial charge in [-0.1, -0.05) is 58.9 Å². The number of hydrogen-bond donors (Lipinski definition) is 3. The zero-order valence-electron chi connectivity index (χ0n) is 14.1. The Kier molecular flexibility index (Phi) is 6.85. The molecule has 3 nitrogen and oxygen atoms in total. The van der Waals surface area contributed by atoms with Gasteiger partial charge in [0, 0.05) is 19.2 Å². The van der Waals surface area contributed by atoms with Gasteiger partial charge in [-0.2, -0.15) is 0 Å². The lowest BCUT2D eigenvalue weighted by atomic mass is 9.85. The van der Waals surface area contributed by atoms with E-state index in [4.69, 9.17) is 5.11 Å². The van der Waals surface area contributed by atoms with Crippen molar-refractivity contribution in [2.75, 3.05) is 13.2 Å². The second-order valence-electron chi connectivity index (χ2n) is 7.18. The van der Waals surface area contributed by atoms with Crippen LogP contribution < -0.4 is 5.32 Å². The number of aliphatic hydroxyl groups is 2. The van der Waals surface area contributed by atoms with Crippen molar-refractivity contribution in [2.24, 2.45) is 5.41 Å². The van der Waals surface area contributed by atoms with E-state index in [1.807, 2.05) is 12.1 Å². The summed E-state index contributed by atoms with van der Waals surface area (Å²) >= 11 is 0. The molecule has 0 heterocycles. The maximum absolute atomic E-state index is 10.3. The number of rotatable bonds is 7. The van der Waals surface area contributed by atoms with Crippen molar-refractivity contribution in [1.82, 2.24) is 5.32 Å². The molecule has 21 heavy (non-hydrogen) atoms. The van der Waals surface area contributed by atoms with Gasteiger partial charge in [0.2, 0.25) is 0 Å². The standard InChI is InChI=1S/C18H31NO2/c1-13(2)14-6-8-15(9-7-14)16(21)12-19-17(10-11-20)18(3,4)5/h6-9,13,16-17,19-21H,10-12H2,1-5H3. The van der Waals surface area contributed by atoms with Gasteiger partial charge < -0.3 is 15.5 Å². The number of nitrogens with one attached hydrogen (secondary N) is 1. The maximum atomic E-state index is 10.3. The summed E-state index contributed by atoms with van der Waals surface area (Å²) in [6, 6.07) is 8.35. The average molecular weight is 293 g/mol. The SMILES string of the molecule is CC(C)c1ccc(C(O)CNC(CCO)C(C)(C)C)cc1. The van der Waals surface area contributed by atoms with Crippen molar-refractivity contribution in [2.45, 2.75) is 59.1 Å². The molecule has 3 heteroatoms. The van der Waals surface area contributed by atoms with Gasteiger partial charge in [-0.15, -0.1) is 0 Å². The fourth-order valence-corrected chi connectivity index (χ4v) is 2.45. The largest absolute Gasteiger partial charge is 0.396 e. The van der Waals surface area contributed by atoms with Gasteiger partial charge in [-0.25, -0.2) is 0 Å². The Morgan fingerprint density at radius 3 is 2.00 bits per heavy atom. The Morgan fingerprint density at radius 1 is 1.05 bits per heavy atom. The monoisotopic (exact) mass is 293 g/mol. The van der Waals surface area contributed by atoms with Crippen LogP contribution in [0.25, 0.3) is 0 Å². The third-order valence-electron chi connectivity index (χ3n) is 4.01. The van der Waals surface area contributed by atoms with Crippen LogP contribution in [0.2, 0.25) is 0 Å². The van der Waals surface area contributed by atoms with Crippen LogP contribution in [-0.4, -0.2) is 29.4 Å². The van der Waals surface area contributed by atoms with Gasteiger partial charge >= 0.3 is 0 Å². The van der Waals surface area contributed by atoms with Crippen LogP contribution in [0.4, 0.5) is 0 Å². The van der Waals surface area contributed by atoms with Gasteiger partial charge in [0.05, 0.1) is 6.10 Å². The number of aliphatic hydroxyl groups excluding tert-OH is 2. The Bertz CT molecular complexity index is 406.